The van der Waals surface area contributed by atoms with Gasteiger partial charge in [0.2, 0.25) is 5.88 Å². The third-order valence-electron chi connectivity index (χ3n) is 2.52. The van der Waals surface area contributed by atoms with E-state index in [2.05, 4.69) is 32.3 Å². The van der Waals surface area contributed by atoms with Gasteiger partial charge in [0.05, 0.1) is 18.5 Å². The van der Waals surface area contributed by atoms with Crippen molar-refractivity contribution in [3.63, 3.8) is 0 Å². The zero-order chi connectivity index (χ0) is 13.5. The van der Waals surface area contributed by atoms with Crippen molar-refractivity contribution in [1.82, 2.24) is 4.98 Å². The molecule has 0 saturated heterocycles. The Balaban J connectivity index is 1.91. The smallest absolute Gasteiger partial charge is 0.213 e. The Morgan fingerprint density at radius 3 is 2.74 bits per heavy atom. The zero-order valence-corrected chi connectivity index (χ0v) is 11.9. The molecule has 2 rings (SSSR count). The van der Waals surface area contributed by atoms with E-state index in [9.17, 15) is 0 Å². The number of pyridine rings is 1. The molecule has 100 valence electrons. The molecule has 0 atom stereocenters. The van der Waals surface area contributed by atoms with E-state index >= 15 is 0 Å². The van der Waals surface area contributed by atoms with Crippen LogP contribution in [0.3, 0.4) is 0 Å². The average molecular weight is 323 g/mol. The van der Waals surface area contributed by atoms with E-state index in [0.29, 0.717) is 5.88 Å². The van der Waals surface area contributed by atoms with Crippen LogP contribution in [-0.2, 0) is 6.54 Å². The maximum absolute atomic E-state index is 8.65. The standard InChI is InChI=1S/C14H15BrN2O2/c15-13-4-2-1-3-11(13)9-16-12-5-6-14(17-10-12)19-8-7-18/h1-6,10,16,18H,7-9H2. The number of hydrogen-bond acceptors (Lipinski definition) is 4. The summed E-state index contributed by atoms with van der Waals surface area (Å²) in [4.78, 5) is 4.14. The minimum atomic E-state index is -0.0102. The molecule has 0 saturated carbocycles. The summed E-state index contributed by atoms with van der Waals surface area (Å²) in [7, 11) is 0. The fourth-order valence-corrected chi connectivity index (χ4v) is 1.98. The van der Waals surface area contributed by atoms with Crippen molar-refractivity contribution < 1.29 is 9.84 Å². The molecule has 2 N–H and O–H groups in total. The Bertz CT molecular complexity index is 517. The molecule has 0 radical (unpaired) electrons. The Labute approximate surface area is 120 Å². The van der Waals surface area contributed by atoms with Crippen LogP contribution in [0.1, 0.15) is 5.56 Å². The van der Waals surface area contributed by atoms with Crippen molar-refractivity contribution in [3.05, 3.63) is 52.6 Å². The third kappa shape index (κ3) is 4.22. The maximum Gasteiger partial charge on any atom is 0.213 e. The number of halogens is 1. The first kappa shape index (κ1) is 13.8. The first-order chi connectivity index (χ1) is 9.29. The van der Waals surface area contributed by atoms with Crippen LogP contribution in [0, 0.1) is 0 Å². The summed E-state index contributed by atoms with van der Waals surface area (Å²) in [6, 6.07) is 11.7. The number of aliphatic hydroxyl groups is 1. The number of aliphatic hydroxyl groups excluding tert-OH is 1. The molecule has 0 fully saturated rings. The van der Waals surface area contributed by atoms with Gasteiger partial charge in [-0.1, -0.05) is 34.1 Å². The van der Waals surface area contributed by atoms with Gasteiger partial charge < -0.3 is 15.2 Å². The van der Waals surface area contributed by atoms with Crippen molar-refractivity contribution in [1.29, 1.82) is 0 Å². The summed E-state index contributed by atoms with van der Waals surface area (Å²) in [5, 5.41) is 11.9. The van der Waals surface area contributed by atoms with Crippen LogP contribution in [0.25, 0.3) is 0 Å². The molecule has 0 aliphatic heterocycles. The van der Waals surface area contributed by atoms with E-state index in [0.717, 1.165) is 16.7 Å². The normalized spacial score (nSPS) is 10.2. The molecule has 1 heterocycles. The number of rotatable bonds is 6. The first-order valence-corrected chi connectivity index (χ1v) is 6.76. The number of hydrogen-bond donors (Lipinski definition) is 2. The molecular formula is C14H15BrN2O2. The van der Waals surface area contributed by atoms with Crippen LogP contribution in [-0.4, -0.2) is 23.3 Å². The minimum absolute atomic E-state index is 0.0102. The first-order valence-electron chi connectivity index (χ1n) is 5.96. The number of nitrogens with one attached hydrogen (secondary N) is 1. The summed E-state index contributed by atoms with van der Waals surface area (Å²) in [6.45, 7) is 0.973. The fourth-order valence-electron chi connectivity index (χ4n) is 1.56. The molecular weight excluding hydrogens is 308 g/mol. The Hall–Kier alpha value is -1.59. The van der Waals surface area contributed by atoms with Crippen LogP contribution in [0.2, 0.25) is 0 Å². The van der Waals surface area contributed by atoms with Gasteiger partial charge in [0, 0.05) is 17.1 Å². The van der Waals surface area contributed by atoms with Crippen LogP contribution in [0.4, 0.5) is 5.69 Å². The van der Waals surface area contributed by atoms with Gasteiger partial charge in [-0.25, -0.2) is 4.98 Å². The Morgan fingerprint density at radius 1 is 1.21 bits per heavy atom. The lowest BCUT2D eigenvalue weighted by Gasteiger charge is -2.08. The predicted octanol–water partition coefficient (Wildman–Crippen LogP) is 2.83. The minimum Gasteiger partial charge on any atom is -0.475 e. The lowest BCUT2D eigenvalue weighted by atomic mass is 10.2. The molecule has 0 bridgehead atoms. The van der Waals surface area contributed by atoms with E-state index in [1.165, 1.54) is 5.56 Å². The molecule has 0 amide bonds. The van der Waals surface area contributed by atoms with E-state index in [1.54, 1.807) is 12.3 Å². The van der Waals surface area contributed by atoms with E-state index in [4.69, 9.17) is 9.84 Å². The van der Waals surface area contributed by atoms with Crippen molar-refractivity contribution in [2.24, 2.45) is 0 Å². The zero-order valence-electron chi connectivity index (χ0n) is 10.3. The van der Waals surface area contributed by atoms with Gasteiger partial charge in [0.15, 0.2) is 0 Å². The van der Waals surface area contributed by atoms with Gasteiger partial charge >= 0.3 is 0 Å². The number of benzene rings is 1. The van der Waals surface area contributed by atoms with Crippen LogP contribution >= 0.6 is 15.9 Å². The molecule has 0 unspecified atom stereocenters. The number of anilines is 1. The number of nitrogens with zero attached hydrogens (tertiary/aromatic N) is 1. The highest BCUT2D eigenvalue weighted by atomic mass is 79.9. The van der Waals surface area contributed by atoms with Crippen LogP contribution in [0.15, 0.2) is 47.1 Å². The second kappa shape index (κ2) is 7.11. The average Bonchev–Trinajstić information content (AvgIpc) is 2.45. The Kier molecular flexibility index (Phi) is 5.18. The monoisotopic (exact) mass is 322 g/mol. The molecule has 0 aliphatic rings. The van der Waals surface area contributed by atoms with Crippen molar-refractivity contribution in [2.75, 3.05) is 18.5 Å². The quantitative estimate of drug-likeness (QED) is 0.858. The van der Waals surface area contributed by atoms with Crippen molar-refractivity contribution >= 4 is 21.6 Å². The van der Waals surface area contributed by atoms with Crippen molar-refractivity contribution in [2.45, 2.75) is 6.54 Å². The third-order valence-corrected chi connectivity index (χ3v) is 3.29. The molecule has 0 spiro atoms. The Morgan fingerprint density at radius 2 is 2.05 bits per heavy atom. The summed E-state index contributed by atoms with van der Waals surface area (Å²) in [5.74, 6) is 0.514. The second-order valence-electron chi connectivity index (χ2n) is 3.90. The summed E-state index contributed by atoms with van der Waals surface area (Å²) in [6.07, 6.45) is 1.71. The maximum atomic E-state index is 8.65. The lowest BCUT2D eigenvalue weighted by Crippen LogP contribution is -2.04. The molecule has 4 nitrogen and oxygen atoms in total. The summed E-state index contributed by atoms with van der Waals surface area (Å²) in [5.41, 5.74) is 2.11. The molecule has 2 aromatic rings. The van der Waals surface area contributed by atoms with Crippen molar-refractivity contribution in [3.8, 4) is 5.88 Å². The van der Waals surface area contributed by atoms with E-state index in [-0.39, 0.29) is 13.2 Å². The van der Waals surface area contributed by atoms with Gasteiger partial charge in [-0.2, -0.15) is 0 Å². The highest BCUT2D eigenvalue weighted by Crippen LogP contribution is 2.18. The largest absolute Gasteiger partial charge is 0.475 e. The molecule has 5 heteroatoms. The molecule has 1 aromatic heterocycles. The van der Waals surface area contributed by atoms with E-state index in [1.807, 2.05) is 24.3 Å². The van der Waals surface area contributed by atoms with Gasteiger partial charge in [-0.15, -0.1) is 0 Å². The molecule has 19 heavy (non-hydrogen) atoms. The van der Waals surface area contributed by atoms with Gasteiger partial charge in [-0.05, 0) is 17.7 Å². The molecule has 1 aromatic carbocycles. The van der Waals surface area contributed by atoms with Gasteiger partial charge in [0.25, 0.3) is 0 Å². The predicted molar refractivity (Wildman–Crippen MR) is 78.3 cm³/mol. The fraction of sp³-hybridized carbons (Fsp3) is 0.214. The second-order valence-corrected chi connectivity index (χ2v) is 4.76. The lowest BCUT2D eigenvalue weighted by molar-refractivity contribution is 0.196. The van der Waals surface area contributed by atoms with Gasteiger partial charge in [-0.3, -0.25) is 0 Å². The SMILES string of the molecule is OCCOc1ccc(NCc2ccccc2Br)cn1. The molecule has 0 aliphatic carbocycles. The number of aromatic nitrogens is 1. The van der Waals surface area contributed by atoms with Crippen LogP contribution in [0.5, 0.6) is 5.88 Å². The summed E-state index contributed by atoms with van der Waals surface area (Å²) < 4.78 is 6.28. The highest BCUT2D eigenvalue weighted by Gasteiger charge is 2.00. The topological polar surface area (TPSA) is 54.4 Å². The highest BCUT2D eigenvalue weighted by molar-refractivity contribution is 9.10. The van der Waals surface area contributed by atoms with E-state index < -0.39 is 0 Å². The van der Waals surface area contributed by atoms with Crippen LogP contribution < -0.4 is 10.1 Å². The summed E-state index contributed by atoms with van der Waals surface area (Å²) >= 11 is 3.51. The van der Waals surface area contributed by atoms with Gasteiger partial charge in [0.1, 0.15) is 6.61 Å². The number of ether oxygens (including phenoxy) is 1.